The third kappa shape index (κ3) is 3.31. The maximum Gasteiger partial charge on any atom is 0.127 e. The fourth-order valence-corrected chi connectivity index (χ4v) is 2.77. The molecule has 0 saturated heterocycles. The molecule has 5 heteroatoms. The van der Waals surface area contributed by atoms with Gasteiger partial charge in [0.25, 0.3) is 0 Å². The second-order valence-corrected chi connectivity index (χ2v) is 5.90. The predicted molar refractivity (Wildman–Crippen MR) is 80.1 cm³/mol. The molecule has 0 aliphatic heterocycles. The molecular formula is C16H15BrF2O2. The van der Waals surface area contributed by atoms with Crippen molar-refractivity contribution in [2.24, 2.45) is 0 Å². The summed E-state index contributed by atoms with van der Waals surface area (Å²) in [5.41, 5.74) is -0.794. The Hall–Kier alpha value is -1.30. The van der Waals surface area contributed by atoms with Gasteiger partial charge in [-0.25, -0.2) is 8.78 Å². The van der Waals surface area contributed by atoms with Gasteiger partial charge in [0.15, 0.2) is 0 Å². The lowest BCUT2D eigenvalue weighted by molar-refractivity contribution is 0.112. The van der Waals surface area contributed by atoms with Gasteiger partial charge >= 0.3 is 0 Å². The summed E-state index contributed by atoms with van der Waals surface area (Å²) in [4.78, 5) is 0. The average Bonchev–Trinajstić information content (AvgIpc) is 2.49. The van der Waals surface area contributed by atoms with Crippen molar-refractivity contribution in [2.45, 2.75) is 11.8 Å². The third-order valence-electron chi connectivity index (χ3n) is 3.59. The standard InChI is InChI=1S/C16H15BrF2O2/c17-12-5-6-14(18)11(7-12)8-16(9-20,10-21)13-3-1-2-4-15(13)19/h1-7,20-21H,8-10H2. The Kier molecular flexibility index (Phi) is 5.08. The first-order valence-electron chi connectivity index (χ1n) is 6.43. The molecule has 0 spiro atoms. The third-order valence-corrected chi connectivity index (χ3v) is 4.08. The molecule has 2 N–H and O–H groups in total. The van der Waals surface area contributed by atoms with Crippen LogP contribution < -0.4 is 0 Å². The van der Waals surface area contributed by atoms with Gasteiger partial charge in [-0.3, -0.25) is 0 Å². The first-order valence-corrected chi connectivity index (χ1v) is 7.22. The average molecular weight is 357 g/mol. The van der Waals surface area contributed by atoms with E-state index in [1.165, 1.54) is 24.3 Å². The fourth-order valence-electron chi connectivity index (χ4n) is 2.36. The summed E-state index contributed by atoms with van der Waals surface area (Å²) < 4.78 is 28.6. The van der Waals surface area contributed by atoms with Crippen molar-refractivity contribution >= 4 is 15.9 Å². The van der Waals surface area contributed by atoms with Crippen LogP contribution in [0.25, 0.3) is 0 Å². The van der Waals surface area contributed by atoms with E-state index in [0.717, 1.165) is 0 Å². The smallest absolute Gasteiger partial charge is 0.127 e. The predicted octanol–water partition coefficient (Wildman–Crippen LogP) is 3.19. The lowest BCUT2D eigenvalue weighted by atomic mass is 9.76. The van der Waals surface area contributed by atoms with E-state index in [1.54, 1.807) is 18.2 Å². The van der Waals surface area contributed by atoms with E-state index in [9.17, 15) is 19.0 Å². The zero-order chi connectivity index (χ0) is 15.5. The van der Waals surface area contributed by atoms with Gasteiger partial charge in [-0.2, -0.15) is 0 Å². The molecule has 21 heavy (non-hydrogen) atoms. The molecule has 0 amide bonds. The molecule has 0 heterocycles. The van der Waals surface area contributed by atoms with Crippen LogP contribution in [0.5, 0.6) is 0 Å². The Balaban J connectivity index is 2.48. The van der Waals surface area contributed by atoms with Crippen LogP contribution in [-0.2, 0) is 11.8 Å². The number of aliphatic hydroxyl groups excluding tert-OH is 2. The van der Waals surface area contributed by atoms with Crippen LogP contribution in [0, 0.1) is 11.6 Å². The summed E-state index contributed by atoms with van der Waals surface area (Å²) in [6, 6.07) is 10.3. The van der Waals surface area contributed by atoms with Crippen LogP contribution in [0.4, 0.5) is 8.78 Å². The minimum Gasteiger partial charge on any atom is -0.395 e. The van der Waals surface area contributed by atoms with Crippen molar-refractivity contribution in [3.05, 3.63) is 69.7 Å². The van der Waals surface area contributed by atoms with Gasteiger partial charge in [-0.15, -0.1) is 0 Å². The molecule has 2 aromatic carbocycles. The molecule has 2 nitrogen and oxygen atoms in total. The highest BCUT2D eigenvalue weighted by Gasteiger charge is 2.34. The molecule has 2 aromatic rings. The molecule has 0 atom stereocenters. The Morgan fingerprint density at radius 2 is 1.62 bits per heavy atom. The van der Waals surface area contributed by atoms with E-state index in [4.69, 9.17) is 0 Å². The van der Waals surface area contributed by atoms with E-state index < -0.39 is 30.3 Å². The van der Waals surface area contributed by atoms with Gasteiger partial charge in [-0.05, 0) is 41.8 Å². The minimum atomic E-state index is -1.27. The molecule has 0 aliphatic rings. The van der Waals surface area contributed by atoms with Crippen LogP contribution in [-0.4, -0.2) is 23.4 Å². The van der Waals surface area contributed by atoms with E-state index >= 15 is 0 Å². The number of hydrogen-bond donors (Lipinski definition) is 2. The lowest BCUT2D eigenvalue weighted by Crippen LogP contribution is -2.38. The van der Waals surface area contributed by atoms with Crippen LogP contribution in [0.3, 0.4) is 0 Å². The van der Waals surface area contributed by atoms with Crippen LogP contribution in [0.15, 0.2) is 46.9 Å². The zero-order valence-electron chi connectivity index (χ0n) is 11.2. The topological polar surface area (TPSA) is 40.5 Å². The molecule has 2 rings (SSSR count). The van der Waals surface area contributed by atoms with Crippen molar-refractivity contribution < 1.29 is 19.0 Å². The fraction of sp³-hybridized carbons (Fsp3) is 0.250. The molecule has 0 bridgehead atoms. The first-order chi connectivity index (χ1) is 10.0. The number of rotatable bonds is 5. The molecule has 0 saturated carbocycles. The summed E-state index contributed by atoms with van der Waals surface area (Å²) >= 11 is 3.25. The number of halogens is 3. The van der Waals surface area contributed by atoms with E-state index in [2.05, 4.69) is 15.9 Å². The summed E-state index contributed by atoms with van der Waals surface area (Å²) in [5.74, 6) is -0.989. The normalized spacial score (nSPS) is 11.7. The van der Waals surface area contributed by atoms with Crippen LogP contribution in [0.2, 0.25) is 0 Å². The summed E-state index contributed by atoms with van der Waals surface area (Å²) in [5, 5.41) is 19.4. The molecule has 0 unspecified atom stereocenters. The Labute approximate surface area is 130 Å². The van der Waals surface area contributed by atoms with Crippen molar-refractivity contribution in [1.29, 1.82) is 0 Å². The highest BCUT2D eigenvalue weighted by molar-refractivity contribution is 9.10. The zero-order valence-corrected chi connectivity index (χ0v) is 12.8. The Morgan fingerprint density at radius 3 is 2.24 bits per heavy atom. The largest absolute Gasteiger partial charge is 0.395 e. The van der Waals surface area contributed by atoms with Crippen molar-refractivity contribution in [2.75, 3.05) is 13.2 Å². The van der Waals surface area contributed by atoms with Crippen molar-refractivity contribution in [1.82, 2.24) is 0 Å². The van der Waals surface area contributed by atoms with Crippen molar-refractivity contribution in [3.8, 4) is 0 Å². The van der Waals surface area contributed by atoms with E-state index in [0.29, 0.717) is 10.0 Å². The molecule has 0 aromatic heterocycles. The van der Waals surface area contributed by atoms with Crippen LogP contribution >= 0.6 is 15.9 Å². The maximum absolute atomic E-state index is 14.0. The Morgan fingerprint density at radius 1 is 0.952 bits per heavy atom. The van der Waals surface area contributed by atoms with Gasteiger partial charge in [0.1, 0.15) is 11.6 Å². The molecule has 112 valence electrons. The number of aliphatic hydroxyl groups is 2. The van der Waals surface area contributed by atoms with Crippen molar-refractivity contribution in [3.63, 3.8) is 0 Å². The molecular weight excluding hydrogens is 342 g/mol. The number of hydrogen-bond acceptors (Lipinski definition) is 2. The van der Waals surface area contributed by atoms with Gasteiger partial charge in [-0.1, -0.05) is 34.1 Å². The highest BCUT2D eigenvalue weighted by atomic mass is 79.9. The molecule has 0 fully saturated rings. The SMILES string of the molecule is OCC(CO)(Cc1cc(Br)ccc1F)c1ccccc1F. The minimum absolute atomic E-state index is 0.00773. The highest BCUT2D eigenvalue weighted by Crippen LogP contribution is 2.31. The molecule has 0 aliphatic carbocycles. The van der Waals surface area contributed by atoms with E-state index in [1.807, 2.05) is 0 Å². The quantitative estimate of drug-likeness (QED) is 0.863. The number of benzene rings is 2. The summed E-state index contributed by atoms with van der Waals surface area (Å²) in [6.45, 7) is -0.979. The molecule has 0 radical (unpaired) electrons. The van der Waals surface area contributed by atoms with Gasteiger partial charge < -0.3 is 10.2 Å². The van der Waals surface area contributed by atoms with Gasteiger partial charge in [0.05, 0.1) is 13.2 Å². The Bertz CT molecular complexity index is 627. The second kappa shape index (κ2) is 6.64. The second-order valence-electron chi connectivity index (χ2n) is 4.99. The van der Waals surface area contributed by atoms with Crippen LogP contribution in [0.1, 0.15) is 11.1 Å². The lowest BCUT2D eigenvalue weighted by Gasteiger charge is -2.31. The summed E-state index contributed by atoms with van der Waals surface area (Å²) in [7, 11) is 0. The van der Waals surface area contributed by atoms with E-state index in [-0.39, 0.29) is 12.0 Å². The maximum atomic E-state index is 14.0. The first kappa shape index (κ1) is 16.1. The van der Waals surface area contributed by atoms with Gasteiger partial charge in [0, 0.05) is 9.89 Å². The monoisotopic (exact) mass is 356 g/mol. The summed E-state index contributed by atoms with van der Waals surface area (Å²) in [6.07, 6.45) is -0.00773. The van der Waals surface area contributed by atoms with Gasteiger partial charge in [0.2, 0.25) is 0 Å².